The zero-order valence-corrected chi connectivity index (χ0v) is 19.2. The summed E-state index contributed by atoms with van der Waals surface area (Å²) < 4.78 is 7.88. The van der Waals surface area contributed by atoms with Crippen molar-refractivity contribution >= 4 is 29.9 Å². The number of hydrogen-bond acceptors (Lipinski definition) is 3. The normalized spacial score (nSPS) is 14.6. The van der Waals surface area contributed by atoms with Crippen molar-refractivity contribution < 1.29 is 4.74 Å². The van der Waals surface area contributed by atoms with Crippen molar-refractivity contribution in [1.82, 2.24) is 20.4 Å². The summed E-state index contributed by atoms with van der Waals surface area (Å²) in [6.45, 7) is 4.36. The summed E-state index contributed by atoms with van der Waals surface area (Å²) in [5, 5.41) is 10.9. The standard InChI is InChI=1S/C21H31N5O.HI/c1-3-22-21(24-16-18-13-15-25-26(18)2)23-14-12-17-8-10-20(11-9-17)27-19-6-4-5-7-19;/h8-11,13,15,19H,3-7,12,14,16H2,1-2H3,(H2,22,23,24);1H. The van der Waals surface area contributed by atoms with E-state index in [1.54, 1.807) is 6.20 Å². The third kappa shape index (κ3) is 7.00. The number of halogens is 1. The first-order valence-corrected chi connectivity index (χ1v) is 9.99. The molecule has 0 aliphatic heterocycles. The van der Waals surface area contributed by atoms with Gasteiger partial charge in [-0.05, 0) is 62.8 Å². The Balaban J connectivity index is 0.00000280. The number of aliphatic imine (C=N–C) groups is 1. The highest BCUT2D eigenvalue weighted by molar-refractivity contribution is 14.0. The van der Waals surface area contributed by atoms with Crippen LogP contribution < -0.4 is 15.4 Å². The molecule has 0 bridgehead atoms. The van der Waals surface area contributed by atoms with Crippen LogP contribution in [0.2, 0.25) is 0 Å². The van der Waals surface area contributed by atoms with Crippen molar-refractivity contribution in [2.75, 3.05) is 13.1 Å². The van der Waals surface area contributed by atoms with Crippen molar-refractivity contribution in [3.8, 4) is 5.75 Å². The Kier molecular flexibility index (Phi) is 9.60. The second kappa shape index (κ2) is 11.9. The lowest BCUT2D eigenvalue weighted by atomic mass is 10.1. The molecule has 2 N–H and O–H groups in total. The number of guanidine groups is 1. The second-order valence-corrected chi connectivity index (χ2v) is 6.99. The number of aryl methyl sites for hydroxylation is 1. The highest BCUT2D eigenvalue weighted by Gasteiger charge is 2.16. The largest absolute Gasteiger partial charge is 0.490 e. The van der Waals surface area contributed by atoms with Crippen LogP contribution in [0.1, 0.15) is 43.9 Å². The van der Waals surface area contributed by atoms with E-state index >= 15 is 0 Å². The van der Waals surface area contributed by atoms with Gasteiger partial charge in [-0.25, -0.2) is 4.99 Å². The highest BCUT2D eigenvalue weighted by Crippen LogP contribution is 2.24. The fourth-order valence-electron chi connectivity index (χ4n) is 3.32. The van der Waals surface area contributed by atoms with Crippen molar-refractivity contribution in [3.63, 3.8) is 0 Å². The molecule has 1 aliphatic carbocycles. The molecule has 0 atom stereocenters. The van der Waals surface area contributed by atoms with Crippen LogP contribution in [-0.4, -0.2) is 34.9 Å². The van der Waals surface area contributed by atoms with E-state index in [1.807, 2.05) is 17.8 Å². The SMILES string of the molecule is CCNC(=NCc1ccnn1C)NCCc1ccc(OC2CCCC2)cc1.I. The Morgan fingerprint density at radius 1 is 1.18 bits per heavy atom. The Morgan fingerprint density at radius 3 is 2.57 bits per heavy atom. The van der Waals surface area contributed by atoms with Crippen molar-refractivity contribution in [2.45, 2.75) is 51.7 Å². The molecule has 154 valence electrons. The molecule has 1 aliphatic rings. The van der Waals surface area contributed by atoms with E-state index in [2.05, 4.69) is 51.9 Å². The molecule has 0 saturated heterocycles. The average molecular weight is 497 g/mol. The van der Waals surface area contributed by atoms with Gasteiger partial charge in [0, 0.05) is 26.3 Å². The molecule has 28 heavy (non-hydrogen) atoms. The Hall–Kier alpha value is -1.77. The molecular weight excluding hydrogens is 465 g/mol. The quantitative estimate of drug-likeness (QED) is 0.332. The topological polar surface area (TPSA) is 63.5 Å². The van der Waals surface area contributed by atoms with Gasteiger partial charge in [-0.3, -0.25) is 4.68 Å². The van der Waals surface area contributed by atoms with E-state index in [4.69, 9.17) is 4.74 Å². The lowest BCUT2D eigenvalue weighted by molar-refractivity contribution is 0.210. The van der Waals surface area contributed by atoms with Gasteiger partial charge in [-0.1, -0.05) is 12.1 Å². The van der Waals surface area contributed by atoms with Gasteiger partial charge in [0.15, 0.2) is 5.96 Å². The molecule has 0 spiro atoms. The molecule has 1 fully saturated rings. The van der Waals surface area contributed by atoms with Gasteiger partial charge in [-0.15, -0.1) is 24.0 Å². The van der Waals surface area contributed by atoms with Crippen molar-refractivity contribution in [3.05, 3.63) is 47.8 Å². The number of nitrogens with one attached hydrogen (secondary N) is 2. The minimum atomic E-state index is 0. The molecule has 0 radical (unpaired) electrons. The van der Waals surface area contributed by atoms with Crippen molar-refractivity contribution in [1.29, 1.82) is 0 Å². The second-order valence-electron chi connectivity index (χ2n) is 6.99. The summed E-state index contributed by atoms with van der Waals surface area (Å²) in [6, 6.07) is 10.5. The number of rotatable bonds is 8. The van der Waals surface area contributed by atoms with Crippen molar-refractivity contribution in [2.24, 2.45) is 12.0 Å². The van der Waals surface area contributed by atoms with E-state index in [-0.39, 0.29) is 24.0 Å². The minimum absolute atomic E-state index is 0. The lowest BCUT2D eigenvalue weighted by Crippen LogP contribution is -2.38. The van der Waals surface area contributed by atoms with Gasteiger partial charge >= 0.3 is 0 Å². The smallest absolute Gasteiger partial charge is 0.191 e. The number of ether oxygens (including phenoxy) is 1. The number of benzene rings is 1. The molecular formula is C21H32IN5O. The maximum absolute atomic E-state index is 6.03. The fourth-order valence-corrected chi connectivity index (χ4v) is 3.32. The molecule has 3 rings (SSSR count). The van der Waals surface area contributed by atoms with Crippen LogP contribution in [0, 0.1) is 0 Å². The number of nitrogens with zero attached hydrogens (tertiary/aromatic N) is 3. The summed E-state index contributed by atoms with van der Waals surface area (Å²) >= 11 is 0. The first kappa shape index (κ1) is 22.5. The van der Waals surface area contributed by atoms with Crippen LogP contribution in [0.3, 0.4) is 0 Å². The summed E-state index contributed by atoms with van der Waals surface area (Å²) in [7, 11) is 1.94. The fraction of sp³-hybridized carbons (Fsp3) is 0.524. The molecule has 1 heterocycles. The van der Waals surface area contributed by atoms with E-state index < -0.39 is 0 Å². The van der Waals surface area contributed by atoms with Gasteiger partial charge in [0.1, 0.15) is 5.75 Å². The monoisotopic (exact) mass is 497 g/mol. The van der Waals surface area contributed by atoms with Crippen LogP contribution in [0.25, 0.3) is 0 Å². The number of hydrogen-bond donors (Lipinski definition) is 2. The summed E-state index contributed by atoms with van der Waals surface area (Å²) in [4.78, 5) is 4.63. The van der Waals surface area contributed by atoms with Gasteiger partial charge in [0.05, 0.1) is 18.3 Å². The molecule has 2 aromatic rings. The predicted octanol–water partition coefficient (Wildman–Crippen LogP) is 3.66. The number of aromatic nitrogens is 2. The molecule has 1 saturated carbocycles. The third-order valence-corrected chi connectivity index (χ3v) is 4.90. The predicted molar refractivity (Wildman–Crippen MR) is 124 cm³/mol. The molecule has 1 aromatic carbocycles. The first-order valence-electron chi connectivity index (χ1n) is 9.99. The minimum Gasteiger partial charge on any atom is -0.490 e. The molecule has 0 unspecified atom stereocenters. The van der Waals surface area contributed by atoms with Crippen LogP contribution in [-0.2, 0) is 20.0 Å². The summed E-state index contributed by atoms with van der Waals surface area (Å²) in [5.41, 5.74) is 2.38. The van der Waals surface area contributed by atoms with E-state index in [1.165, 1.54) is 31.2 Å². The summed E-state index contributed by atoms with van der Waals surface area (Å²) in [6.07, 6.45) is 8.13. The molecule has 1 aromatic heterocycles. The maximum Gasteiger partial charge on any atom is 0.191 e. The average Bonchev–Trinajstić information content (AvgIpc) is 3.33. The Bertz CT molecular complexity index is 723. The zero-order chi connectivity index (χ0) is 18.9. The zero-order valence-electron chi connectivity index (χ0n) is 16.9. The van der Waals surface area contributed by atoms with Gasteiger partial charge in [-0.2, -0.15) is 5.10 Å². The van der Waals surface area contributed by atoms with E-state index in [9.17, 15) is 0 Å². The molecule has 6 nitrogen and oxygen atoms in total. The van der Waals surface area contributed by atoms with Crippen LogP contribution >= 0.6 is 24.0 Å². The van der Waals surface area contributed by atoms with E-state index in [0.717, 1.165) is 36.9 Å². The third-order valence-electron chi connectivity index (χ3n) is 4.90. The Labute approximate surface area is 185 Å². The van der Waals surface area contributed by atoms with Gasteiger partial charge in [0.2, 0.25) is 0 Å². The summed E-state index contributed by atoms with van der Waals surface area (Å²) in [5.74, 6) is 1.82. The van der Waals surface area contributed by atoms with E-state index in [0.29, 0.717) is 12.6 Å². The van der Waals surface area contributed by atoms with Crippen LogP contribution in [0.5, 0.6) is 5.75 Å². The van der Waals surface area contributed by atoms with Crippen LogP contribution in [0.4, 0.5) is 0 Å². The first-order chi connectivity index (χ1) is 13.2. The lowest BCUT2D eigenvalue weighted by Gasteiger charge is -2.14. The van der Waals surface area contributed by atoms with Crippen LogP contribution in [0.15, 0.2) is 41.5 Å². The molecule has 0 amide bonds. The van der Waals surface area contributed by atoms with Gasteiger partial charge in [0.25, 0.3) is 0 Å². The van der Waals surface area contributed by atoms with Gasteiger partial charge < -0.3 is 15.4 Å². The molecule has 7 heteroatoms. The maximum atomic E-state index is 6.03. The highest BCUT2D eigenvalue weighted by atomic mass is 127. The Morgan fingerprint density at radius 2 is 1.93 bits per heavy atom.